The number of nitrogens with two attached hydrogens (primary N) is 1. The van der Waals surface area contributed by atoms with Gasteiger partial charge in [-0.3, -0.25) is 0 Å². The Morgan fingerprint density at radius 2 is 1.85 bits per heavy atom. The highest BCUT2D eigenvalue weighted by Crippen LogP contribution is 2.28. The van der Waals surface area contributed by atoms with E-state index in [1.165, 1.54) is 0 Å². The molecule has 1 nitrogen and oxygen atoms in total. The second kappa shape index (κ2) is 3.88. The van der Waals surface area contributed by atoms with E-state index in [9.17, 15) is 4.39 Å². The molecule has 1 atom stereocenters. The maximum absolute atomic E-state index is 13.5. The second-order valence-electron chi connectivity index (χ2n) is 3.79. The van der Waals surface area contributed by atoms with Gasteiger partial charge in [-0.15, -0.1) is 0 Å². The Morgan fingerprint density at radius 3 is 2.31 bits per heavy atom. The Bertz CT molecular complexity index is 256. The zero-order chi connectivity index (χ0) is 9.90. The maximum atomic E-state index is 13.5. The lowest BCUT2D eigenvalue weighted by atomic mass is 9.80. The molecule has 72 valence electrons. The number of alkyl halides is 1. The molecule has 0 spiro atoms. The van der Waals surface area contributed by atoms with E-state index in [-0.39, 0.29) is 6.54 Å². The van der Waals surface area contributed by atoms with Gasteiger partial charge in [0.2, 0.25) is 0 Å². The Morgan fingerprint density at radius 1 is 1.31 bits per heavy atom. The van der Waals surface area contributed by atoms with E-state index in [1.54, 1.807) is 0 Å². The third-order valence-electron chi connectivity index (χ3n) is 2.51. The Hall–Kier alpha value is -0.890. The summed E-state index contributed by atoms with van der Waals surface area (Å²) in [6.45, 7) is 3.82. The summed E-state index contributed by atoms with van der Waals surface area (Å²) >= 11 is 0. The fraction of sp³-hybridized carbons (Fsp3) is 0.455. The SMILES string of the molecule is CC(C)(c1ccccc1)C(F)CN. The molecule has 0 aliphatic heterocycles. The summed E-state index contributed by atoms with van der Waals surface area (Å²) in [7, 11) is 0. The van der Waals surface area contributed by atoms with Crippen LogP contribution in [0.25, 0.3) is 0 Å². The van der Waals surface area contributed by atoms with Crippen molar-refractivity contribution in [2.24, 2.45) is 5.73 Å². The van der Waals surface area contributed by atoms with Crippen LogP contribution in [0.5, 0.6) is 0 Å². The van der Waals surface area contributed by atoms with Crippen molar-refractivity contribution in [3.05, 3.63) is 35.9 Å². The molecule has 0 amide bonds. The van der Waals surface area contributed by atoms with Gasteiger partial charge in [0.1, 0.15) is 6.17 Å². The third kappa shape index (κ3) is 2.07. The van der Waals surface area contributed by atoms with Crippen LogP contribution in [0.15, 0.2) is 30.3 Å². The first-order valence-corrected chi connectivity index (χ1v) is 4.48. The fourth-order valence-electron chi connectivity index (χ4n) is 1.34. The van der Waals surface area contributed by atoms with Gasteiger partial charge in [-0.25, -0.2) is 4.39 Å². The minimum Gasteiger partial charge on any atom is -0.328 e. The van der Waals surface area contributed by atoms with Crippen LogP contribution in [-0.4, -0.2) is 12.7 Å². The van der Waals surface area contributed by atoms with Crippen molar-refractivity contribution in [3.63, 3.8) is 0 Å². The molecule has 2 heteroatoms. The molecule has 0 bridgehead atoms. The van der Waals surface area contributed by atoms with Crippen LogP contribution >= 0.6 is 0 Å². The molecule has 2 N–H and O–H groups in total. The van der Waals surface area contributed by atoms with E-state index in [0.29, 0.717) is 0 Å². The lowest BCUT2D eigenvalue weighted by Crippen LogP contribution is -2.35. The van der Waals surface area contributed by atoms with Crippen LogP contribution in [0.1, 0.15) is 19.4 Å². The highest BCUT2D eigenvalue weighted by molar-refractivity contribution is 5.25. The molecular weight excluding hydrogens is 165 g/mol. The summed E-state index contributed by atoms with van der Waals surface area (Å²) in [5.74, 6) is 0. The van der Waals surface area contributed by atoms with Gasteiger partial charge in [0.05, 0.1) is 0 Å². The molecule has 0 radical (unpaired) electrons. The standard InChI is InChI=1S/C11H16FN/c1-11(2,10(12)8-13)9-6-4-3-5-7-9/h3-7,10H,8,13H2,1-2H3. The van der Waals surface area contributed by atoms with E-state index in [1.807, 2.05) is 44.2 Å². The molecule has 0 aliphatic carbocycles. The lowest BCUT2D eigenvalue weighted by molar-refractivity contribution is 0.223. The van der Waals surface area contributed by atoms with Crippen molar-refractivity contribution in [2.45, 2.75) is 25.4 Å². The number of benzene rings is 1. The first kappa shape index (κ1) is 10.2. The van der Waals surface area contributed by atoms with E-state index in [2.05, 4.69) is 0 Å². The predicted molar refractivity (Wildman–Crippen MR) is 53.4 cm³/mol. The summed E-state index contributed by atoms with van der Waals surface area (Å²) in [6, 6.07) is 9.63. The van der Waals surface area contributed by atoms with Crippen molar-refractivity contribution >= 4 is 0 Å². The number of rotatable bonds is 3. The molecule has 0 saturated carbocycles. The highest BCUT2D eigenvalue weighted by Gasteiger charge is 2.29. The predicted octanol–water partition coefficient (Wildman–Crippen LogP) is 2.26. The van der Waals surface area contributed by atoms with Crippen molar-refractivity contribution in [2.75, 3.05) is 6.54 Å². The Labute approximate surface area is 78.8 Å². The molecule has 13 heavy (non-hydrogen) atoms. The zero-order valence-electron chi connectivity index (χ0n) is 8.13. The van der Waals surface area contributed by atoms with Gasteiger partial charge < -0.3 is 5.73 Å². The maximum Gasteiger partial charge on any atom is 0.121 e. The average Bonchev–Trinajstić information content (AvgIpc) is 2.18. The first-order valence-electron chi connectivity index (χ1n) is 4.48. The van der Waals surface area contributed by atoms with Crippen molar-refractivity contribution in [1.82, 2.24) is 0 Å². The summed E-state index contributed by atoms with van der Waals surface area (Å²) in [4.78, 5) is 0. The van der Waals surface area contributed by atoms with Gasteiger partial charge in [0, 0.05) is 12.0 Å². The molecule has 0 heterocycles. The van der Waals surface area contributed by atoms with E-state index in [0.717, 1.165) is 5.56 Å². The molecule has 1 unspecified atom stereocenters. The van der Waals surface area contributed by atoms with E-state index >= 15 is 0 Å². The highest BCUT2D eigenvalue weighted by atomic mass is 19.1. The minimum atomic E-state index is -0.991. The Balaban J connectivity index is 2.93. The summed E-state index contributed by atoms with van der Waals surface area (Å²) in [5.41, 5.74) is 5.82. The molecule has 0 aromatic heterocycles. The molecular formula is C11H16FN. The van der Waals surface area contributed by atoms with Gasteiger partial charge in [0.15, 0.2) is 0 Å². The second-order valence-corrected chi connectivity index (χ2v) is 3.79. The third-order valence-corrected chi connectivity index (χ3v) is 2.51. The monoisotopic (exact) mass is 181 g/mol. The van der Waals surface area contributed by atoms with Gasteiger partial charge in [-0.1, -0.05) is 44.2 Å². The zero-order valence-corrected chi connectivity index (χ0v) is 8.13. The van der Waals surface area contributed by atoms with Crippen molar-refractivity contribution < 1.29 is 4.39 Å². The number of halogens is 1. The van der Waals surface area contributed by atoms with Gasteiger partial charge in [-0.2, -0.15) is 0 Å². The number of hydrogen-bond donors (Lipinski definition) is 1. The lowest BCUT2D eigenvalue weighted by Gasteiger charge is -2.28. The summed E-state index contributed by atoms with van der Waals surface area (Å²) in [5, 5.41) is 0. The van der Waals surface area contributed by atoms with Crippen molar-refractivity contribution in [3.8, 4) is 0 Å². The van der Waals surface area contributed by atoms with Gasteiger partial charge in [-0.05, 0) is 5.56 Å². The summed E-state index contributed by atoms with van der Waals surface area (Å²) < 4.78 is 13.5. The van der Waals surface area contributed by atoms with Crippen LogP contribution in [-0.2, 0) is 5.41 Å². The molecule has 1 aromatic carbocycles. The van der Waals surface area contributed by atoms with Gasteiger partial charge in [0.25, 0.3) is 0 Å². The molecule has 0 saturated heterocycles. The quantitative estimate of drug-likeness (QED) is 0.760. The normalized spacial score (nSPS) is 14.2. The summed E-state index contributed by atoms with van der Waals surface area (Å²) in [6.07, 6.45) is -0.991. The molecule has 0 aliphatic rings. The van der Waals surface area contributed by atoms with Crippen LogP contribution < -0.4 is 5.73 Å². The van der Waals surface area contributed by atoms with Crippen LogP contribution in [0.3, 0.4) is 0 Å². The van der Waals surface area contributed by atoms with Gasteiger partial charge >= 0.3 is 0 Å². The largest absolute Gasteiger partial charge is 0.328 e. The number of hydrogen-bond acceptors (Lipinski definition) is 1. The molecule has 0 fully saturated rings. The average molecular weight is 181 g/mol. The molecule has 1 aromatic rings. The van der Waals surface area contributed by atoms with Crippen LogP contribution in [0.4, 0.5) is 4.39 Å². The fourth-order valence-corrected chi connectivity index (χ4v) is 1.34. The van der Waals surface area contributed by atoms with Crippen molar-refractivity contribution in [1.29, 1.82) is 0 Å². The minimum absolute atomic E-state index is 0.0713. The Kier molecular flexibility index (Phi) is 3.04. The van der Waals surface area contributed by atoms with E-state index < -0.39 is 11.6 Å². The molecule has 1 rings (SSSR count). The van der Waals surface area contributed by atoms with Crippen LogP contribution in [0, 0.1) is 0 Å². The first-order chi connectivity index (χ1) is 6.09. The smallest absolute Gasteiger partial charge is 0.121 e. The van der Waals surface area contributed by atoms with E-state index in [4.69, 9.17) is 5.73 Å². The van der Waals surface area contributed by atoms with Crippen LogP contribution in [0.2, 0.25) is 0 Å². The topological polar surface area (TPSA) is 26.0 Å².